The van der Waals surface area contributed by atoms with Crippen molar-refractivity contribution < 1.29 is 9.53 Å². The number of carbonyl (C=O) groups excluding carboxylic acids is 1. The molecule has 0 radical (unpaired) electrons. The van der Waals surface area contributed by atoms with E-state index in [4.69, 9.17) is 0 Å². The van der Waals surface area contributed by atoms with Gasteiger partial charge in [-0.05, 0) is 18.1 Å². The van der Waals surface area contributed by atoms with Crippen molar-refractivity contribution in [2.24, 2.45) is 0 Å². The molecule has 0 spiro atoms. The number of carbonyl (C=O) groups is 1. The first-order valence-electron chi connectivity index (χ1n) is 3.06. The predicted octanol–water partition coefficient (Wildman–Crippen LogP) is 1.82. The molecule has 3 heteroatoms. The second-order valence-corrected chi connectivity index (χ2v) is 2.43. The number of thioether (sulfide) groups is 1. The number of methoxy groups -OCH3 is 1. The van der Waals surface area contributed by atoms with E-state index in [2.05, 4.69) is 4.74 Å². The summed E-state index contributed by atoms with van der Waals surface area (Å²) in [5.74, 6) is -0.225. The lowest BCUT2D eigenvalue weighted by Crippen LogP contribution is -2.02. The molecule has 0 bridgehead atoms. The molecule has 0 heterocycles. The number of rotatable bonds is 3. The van der Waals surface area contributed by atoms with Crippen LogP contribution in [0.25, 0.3) is 0 Å². The highest BCUT2D eigenvalue weighted by Crippen LogP contribution is 2.08. The van der Waals surface area contributed by atoms with Gasteiger partial charge in [0, 0.05) is 5.57 Å². The lowest BCUT2D eigenvalue weighted by atomic mass is 10.2. The zero-order chi connectivity index (χ0) is 7.98. The Kier molecular flexibility index (Phi) is 5.12. The second kappa shape index (κ2) is 5.35. The van der Waals surface area contributed by atoms with Crippen molar-refractivity contribution in [1.29, 1.82) is 0 Å². The van der Waals surface area contributed by atoms with Crippen LogP contribution in [0.2, 0.25) is 0 Å². The summed E-state index contributed by atoms with van der Waals surface area (Å²) in [5.41, 5.74) is 0.731. The summed E-state index contributed by atoms with van der Waals surface area (Å²) in [6.45, 7) is 1.93. The highest BCUT2D eigenvalue weighted by Gasteiger charge is 2.04. The molecule has 0 amide bonds. The molecule has 0 aromatic carbocycles. The van der Waals surface area contributed by atoms with Gasteiger partial charge in [0.25, 0.3) is 0 Å². The molecule has 0 aliphatic carbocycles. The maximum atomic E-state index is 10.8. The van der Waals surface area contributed by atoms with Crippen molar-refractivity contribution in [3.63, 3.8) is 0 Å². The number of esters is 1. The summed E-state index contributed by atoms with van der Waals surface area (Å²) in [5, 5.41) is 1.81. The molecule has 58 valence electrons. The van der Waals surface area contributed by atoms with E-state index in [1.54, 1.807) is 0 Å². The number of hydrogen-bond donors (Lipinski definition) is 0. The summed E-state index contributed by atoms with van der Waals surface area (Å²) >= 11 is 1.52. The molecule has 0 fully saturated rings. The summed E-state index contributed by atoms with van der Waals surface area (Å²) < 4.78 is 4.54. The van der Waals surface area contributed by atoms with Crippen LogP contribution in [0.1, 0.15) is 13.3 Å². The summed E-state index contributed by atoms with van der Waals surface area (Å²) in [6.07, 6.45) is 2.64. The van der Waals surface area contributed by atoms with E-state index < -0.39 is 0 Å². The van der Waals surface area contributed by atoms with Crippen molar-refractivity contribution in [3.8, 4) is 0 Å². The Bertz CT molecular complexity index is 141. The molecular formula is C7H12O2S. The van der Waals surface area contributed by atoms with Gasteiger partial charge >= 0.3 is 5.97 Å². The van der Waals surface area contributed by atoms with E-state index in [1.807, 2.05) is 18.6 Å². The Morgan fingerprint density at radius 3 is 2.60 bits per heavy atom. The summed E-state index contributed by atoms with van der Waals surface area (Å²) in [6, 6.07) is 0. The third-order valence-electron chi connectivity index (χ3n) is 1.09. The molecule has 10 heavy (non-hydrogen) atoms. The molecule has 0 atom stereocenters. The molecular weight excluding hydrogens is 148 g/mol. The van der Waals surface area contributed by atoms with Gasteiger partial charge in [0.15, 0.2) is 0 Å². The third kappa shape index (κ3) is 2.92. The van der Waals surface area contributed by atoms with Gasteiger partial charge in [0.05, 0.1) is 7.11 Å². The topological polar surface area (TPSA) is 26.3 Å². The zero-order valence-corrected chi connectivity index (χ0v) is 7.33. The Morgan fingerprint density at radius 2 is 2.30 bits per heavy atom. The zero-order valence-electron chi connectivity index (χ0n) is 6.51. The molecule has 0 aromatic heterocycles. The van der Waals surface area contributed by atoms with Crippen LogP contribution in [-0.4, -0.2) is 19.3 Å². The molecule has 0 aliphatic heterocycles. The fraction of sp³-hybridized carbons (Fsp3) is 0.571. The largest absolute Gasteiger partial charge is 0.466 e. The van der Waals surface area contributed by atoms with Crippen molar-refractivity contribution in [2.75, 3.05) is 13.4 Å². The molecule has 0 rings (SSSR count). The van der Waals surface area contributed by atoms with Gasteiger partial charge in [-0.25, -0.2) is 4.79 Å². The number of ether oxygens (including phenoxy) is 1. The van der Waals surface area contributed by atoms with E-state index in [1.165, 1.54) is 18.9 Å². The van der Waals surface area contributed by atoms with E-state index in [0.29, 0.717) is 0 Å². The highest BCUT2D eigenvalue weighted by molar-refractivity contribution is 8.01. The SMILES string of the molecule is CC/C(=C\SC)C(=O)OC. The van der Waals surface area contributed by atoms with Crippen LogP contribution >= 0.6 is 11.8 Å². The molecule has 0 saturated heterocycles. The van der Waals surface area contributed by atoms with Gasteiger partial charge in [0.1, 0.15) is 0 Å². The van der Waals surface area contributed by atoms with Crippen molar-refractivity contribution in [1.82, 2.24) is 0 Å². The first-order chi connectivity index (χ1) is 4.76. The minimum atomic E-state index is -0.225. The number of hydrogen-bond acceptors (Lipinski definition) is 3. The van der Waals surface area contributed by atoms with E-state index in [9.17, 15) is 4.79 Å². The molecule has 0 aliphatic rings. The monoisotopic (exact) mass is 160 g/mol. The highest BCUT2D eigenvalue weighted by atomic mass is 32.2. The maximum absolute atomic E-state index is 10.8. The van der Waals surface area contributed by atoms with Crippen LogP contribution in [-0.2, 0) is 9.53 Å². The predicted molar refractivity (Wildman–Crippen MR) is 43.9 cm³/mol. The van der Waals surface area contributed by atoms with Gasteiger partial charge in [-0.2, -0.15) is 0 Å². The van der Waals surface area contributed by atoms with E-state index >= 15 is 0 Å². The average molecular weight is 160 g/mol. The molecule has 0 saturated carbocycles. The smallest absolute Gasteiger partial charge is 0.334 e. The minimum absolute atomic E-state index is 0.225. The van der Waals surface area contributed by atoms with Crippen LogP contribution in [0.3, 0.4) is 0 Å². The lowest BCUT2D eigenvalue weighted by Gasteiger charge is -1.99. The van der Waals surface area contributed by atoms with Crippen LogP contribution in [0.4, 0.5) is 0 Å². The molecule has 0 aromatic rings. The maximum Gasteiger partial charge on any atom is 0.334 e. The Hall–Kier alpha value is -0.440. The van der Waals surface area contributed by atoms with E-state index in [0.717, 1.165) is 12.0 Å². The summed E-state index contributed by atoms with van der Waals surface area (Å²) in [4.78, 5) is 10.8. The fourth-order valence-electron chi connectivity index (χ4n) is 0.549. The van der Waals surface area contributed by atoms with E-state index in [-0.39, 0.29) is 5.97 Å². The molecule has 0 N–H and O–H groups in total. The average Bonchev–Trinajstić information content (AvgIpc) is 1.99. The van der Waals surface area contributed by atoms with Gasteiger partial charge in [-0.1, -0.05) is 6.92 Å². The quantitative estimate of drug-likeness (QED) is 0.465. The van der Waals surface area contributed by atoms with Crippen molar-refractivity contribution in [3.05, 3.63) is 11.0 Å². The first kappa shape index (κ1) is 9.56. The Balaban J connectivity index is 4.06. The van der Waals surface area contributed by atoms with Crippen molar-refractivity contribution >= 4 is 17.7 Å². The summed E-state index contributed by atoms with van der Waals surface area (Å²) in [7, 11) is 1.40. The van der Waals surface area contributed by atoms with Gasteiger partial charge in [-0.15, -0.1) is 11.8 Å². The standard InChI is InChI=1S/C7H12O2S/c1-4-6(5-10-3)7(8)9-2/h5H,4H2,1-3H3/b6-5+. The lowest BCUT2D eigenvalue weighted by molar-refractivity contribution is -0.136. The molecule has 0 unspecified atom stereocenters. The van der Waals surface area contributed by atoms with Gasteiger partial charge in [0.2, 0.25) is 0 Å². The first-order valence-corrected chi connectivity index (χ1v) is 4.35. The van der Waals surface area contributed by atoms with Gasteiger partial charge < -0.3 is 4.74 Å². The van der Waals surface area contributed by atoms with Crippen LogP contribution in [0, 0.1) is 0 Å². The Labute approximate surface area is 65.6 Å². The minimum Gasteiger partial charge on any atom is -0.466 e. The van der Waals surface area contributed by atoms with Gasteiger partial charge in [-0.3, -0.25) is 0 Å². The second-order valence-electron chi connectivity index (χ2n) is 1.72. The third-order valence-corrected chi connectivity index (χ3v) is 1.61. The van der Waals surface area contributed by atoms with Crippen LogP contribution < -0.4 is 0 Å². The van der Waals surface area contributed by atoms with Crippen LogP contribution in [0.5, 0.6) is 0 Å². The normalized spacial score (nSPS) is 11.3. The Morgan fingerprint density at radius 1 is 1.70 bits per heavy atom. The van der Waals surface area contributed by atoms with Crippen LogP contribution in [0.15, 0.2) is 11.0 Å². The molecule has 2 nitrogen and oxygen atoms in total. The fourth-order valence-corrected chi connectivity index (χ4v) is 1.10. The van der Waals surface area contributed by atoms with Crippen molar-refractivity contribution in [2.45, 2.75) is 13.3 Å².